The first-order chi connectivity index (χ1) is 9.04. The Kier molecular flexibility index (Phi) is 4.85. The highest BCUT2D eigenvalue weighted by molar-refractivity contribution is 5.76. The van der Waals surface area contributed by atoms with Crippen LogP contribution in [0.5, 0.6) is 0 Å². The SMILES string of the molecule is CCC(N)(CC)CNC(=O)CC1CC2CCC(C1)N2. The summed E-state index contributed by atoms with van der Waals surface area (Å²) in [6, 6.07) is 1.33. The zero-order valence-electron chi connectivity index (χ0n) is 12.4. The van der Waals surface area contributed by atoms with Gasteiger partial charge in [0.2, 0.25) is 5.91 Å². The van der Waals surface area contributed by atoms with Crippen LogP contribution in [0.25, 0.3) is 0 Å². The number of amides is 1. The molecule has 0 aromatic rings. The number of carbonyl (C=O) groups is 1. The van der Waals surface area contributed by atoms with Crippen molar-refractivity contribution in [1.82, 2.24) is 10.6 Å². The van der Waals surface area contributed by atoms with E-state index >= 15 is 0 Å². The van der Waals surface area contributed by atoms with Crippen LogP contribution >= 0.6 is 0 Å². The largest absolute Gasteiger partial charge is 0.354 e. The molecule has 0 radical (unpaired) electrons. The molecule has 0 aliphatic carbocycles. The summed E-state index contributed by atoms with van der Waals surface area (Å²) >= 11 is 0. The van der Waals surface area contributed by atoms with Gasteiger partial charge in [0.25, 0.3) is 0 Å². The maximum Gasteiger partial charge on any atom is 0.220 e. The number of nitrogens with two attached hydrogens (primary N) is 1. The predicted octanol–water partition coefficient (Wildman–Crippen LogP) is 1.54. The van der Waals surface area contributed by atoms with Gasteiger partial charge in [0.05, 0.1) is 0 Å². The van der Waals surface area contributed by atoms with E-state index in [9.17, 15) is 4.79 Å². The fourth-order valence-corrected chi connectivity index (χ4v) is 3.45. The summed E-state index contributed by atoms with van der Waals surface area (Å²) in [7, 11) is 0. The topological polar surface area (TPSA) is 67.1 Å². The second-order valence-electron chi connectivity index (χ2n) is 6.53. The van der Waals surface area contributed by atoms with E-state index in [1.165, 1.54) is 25.7 Å². The lowest BCUT2D eigenvalue weighted by Gasteiger charge is -2.30. The molecular formula is C15H29N3O. The Balaban J connectivity index is 1.72. The molecule has 0 aromatic carbocycles. The highest BCUT2D eigenvalue weighted by atomic mass is 16.1. The molecule has 2 unspecified atom stereocenters. The molecule has 4 heteroatoms. The molecule has 4 nitrogen and oxygen atoms in total. The molecule has 2 fully saturated rings. The zero-order valence-corrected chi connectivity index (χ0v) is 12.4. The molecule has 2 heterocycles. The molecule has 4 N–H and O–H groups in total. The van der Waals surface area contributed by atoms with E-state index in [0.29, 0.717) is 31.0 Å². The number of rotatable bonds is 6. The van der Waals surface area contributed by atoms with Crippen LogP contribution in [0.3, 0.4) is 0 Å². The molecule has 0 saturated carbocycles. The molecule has 0 aromatic heterocycles. The highest BCUT2D eigenvalue weighted by Gasteiger charge is 2.34. The van der Waals surface area contributed by atoms with Crippen LogP contribution < -0.4 is 16.4 Å². The molecule has 2 saturated heterocycles. The third-order valence-corrected chi connectivity index (χ3v) is 5.09. The monoisotopic (exact) mass is 267 g/mol. The predicted molar refractivity (Wildman–Crippen MR) is 77.8 cm³/mol. The van der Waals surface area contributed by atoms with Crippen LogP contribution in [0.15, 0.2) is 0 Å². The van der Waals surface area contributed by atoms with Crippen molar-refractivity contribution in [2.45, 2.75) is 76.4 Å². The Bertz CT molecular complexity index is 303. The van der Waals surface area contributed by atoms with Crippen LogP contribution in [-0.4, -0.2) is 30.1 Å². The maximum absolute atomic E-state index is 12.0. The van der Waals surface area contributed by atoms with E-state index in [4.69, 9.17) is 5.73 Å². The first-order valence-corrected chi connectivity index (χ1v) is 7.86. The summed E-state index contributed by atoms with van der Waals surface area (Å²) in [6.45, 7) is 4.77. The van der Waals surface area contributed by atoms with Crippen molar-refractivity contribution in [2.75, 3.05) is 6.54 Å². The number of piperidine rings is 1. The lowest BCUT2D eigenvalue weighted by molar-refractivity contribution is -0.122. The van der Waals surface area contributed by atoms with Crippen LogP contribution in [0.4, 0.5) is 0 Å². The maximum atomic E-state index is 12.0. The average Bonchev–Trinajstić information content (AvgIpc) is 2.75. The van der Waals surface area contributed by atoms with Crippen molar-refractivity contribution >= 4 is 5.91 Å². The fraction of sp³-hybridized carbons (Fsp3) is 0.933. The second-order valence-corrected chi connectivity index (χ2v) is 6.53. The Morgan fingerprint density at radius 2 is 1.84 bits per heavy atom. The summed E-state index contributed by atoms with van der Waals surface area (Å²) < 4.78 is 0. The first-order valence-electron chi connectivity index (χ1n) is 7.86. The molecule has 2 atom stereocenters. The van der Waals surface area contributed by atoms with Crippen molar-refractivity contribution in [3.8, 4) is 0 Å². The standard InChI is InChI=1S/C15H29N3O/c1-3-15(16,4-2)10-17-14(19)9-11-7-12-5-6-13(8-11)18-12/h11-13,18H,3-10,16H2,1-2H3,(H,17,19). The van der Waals surface area contributed by atoms with Gasteiger partial charge in [-0.15, -0.1) is 0 Å². The van der Waals surface area contributed by atoms with Crippen LogP contribution in [-0.2, 0) is 4.79 Å². The van der Waals surface area contributed by atoms with E-state index in [2.05, 4.69) is 24.5 Å². The molecule has 19 heavy (non-hydrogen) atoms. The van der Waals surface area contributed by atoms with Crippen molar-refractivity contribution in [1.29, 1.82) is 0 Å². The molecule has 2 aliphatic heterocycles. The van der Waals surface area contributed by atoms with Gasteiger partial charge in [0, 0.05) is 30.6 Å². The summed E-state index contributed by atoms with van der Waals surface area (Å²) in [5.41, 5.74) is 5.97. The minimum Gasteiger partial charge on any atom is -0.354 e. The normalized spacial score (nSPS) is 30.4. The minimum atomic E-state index is -0.233. The second kappa shape index (κ2) is 6.23. The molecular weight excluding hydrogens is 238 g/mol. The van der Waals surface area contributed by atoms with Crippen molar-refractivity contribution < 1.29 is 4.79 Å². The Morgan fingerprint density at radius 1 is 1.26 bits per heavy atom. The molecule has 2 aliphatic rings. The van der Waals surface area contributed by atoms with Gasteiger partial charge in [-0.2, -0.15) is 0 Å². The van der Waals surface area contributed by atoms with Gasteiger partial charge in [-0.3, -0.25) is 4.79 Å². The van der Waals surface area contributed by atoms with Gasteiger partial charge in [-0.1, -0.05) is 13.8 Å². The fourth-order valence-electron chi connectivity index (χ4n) is 3.45. The minimum absolute atomic E-state index is 0.183. The molecule has 0 spiro atoms. The number of fused-ring (bicyclic) bond motifs is 2. The van der Waals surface area contributed by atoms with Gasteiger partial charge < -0.3 is 16.4 Å². The van der Waals surface area contributed by atoms with E-state index in [0.717, 1.165) is 12.8 Å². The van der Waals surface area contributed by atoms with E-state index in [1.54, 1.807) is 0 Å². The number of carbonyl (C=O) groups excluding carboxylic acids is 1. The van der Waals surface area contributed by atoms with Gasteiger partial charge in [-0.25, -0.2) is 0 Å². The third kappa shape index (κ3) is 3.93. The molecule has 2 rings (SSSR count). The van der Waals surface area contributed by atoms with E-state index in [1.807, 2.05) is 0 Å². The summed E-state index contributed by atoms with van der Waals surface area (Å²) in [4.78, 5) is 12.0. The summed E-state index contributed by atoms with van der Waals surface area (Å²) in [5.74, 6) is 0.747. The van der Waals surface area contributed by atoms with Crippen LogP contribution in [0.1, 0.15) is 58.8 Å². The smallest absolute Gasteiger partial charge is 0.220 e. The Hall–Kier alpha value is -0.610. The van der Waals surface area contributed by atoms with Gasteiger partial charge in [0.1, 0.15) is 0 Å². The van der Waals surface area contributed by atoms with Gasteiger partial charge >= 0.3 is 0 Å². The molecule has 1 amide bonds. The van der Waals surface area contributed by atoms with Gasteiger partial charge in [-0.05, 0) is 44.4 Å². The summed E-state index contributed by atoms with van der Waals surface area (Å²) in [6.07, 6.45) is 7.40. The zero-order chi connectivity index (χ0) is 13.9. The molecule has 110 valence electrons. The van der Waals surface area contributed by atoms with Gasteiger partial charge in [0.15, 0.2) is 0 Å². The van der Waals surface area contributed by atoms with Crippen molar-refractivity contribution in [3.05, 3.63) is 0 Å². The van der Waals surface area contributed by atoms with Crippen LogP contribution in [0, 0.1) is 5.92 Å². The van der Waals surface area contributed by atoms with Crippen molar-refractivity contribution in [3.63, 3.8) is 0 Å². The Labute approximate surface area is 116 Å². The number of nitrogens with one attached hydrogen (secondary N) is 2. The number of hydrogen-bond donors (Lipinski definition) is 3. The third-order valence-electron chi connectivity index (χ3n) is 5.09. The average molecular weight is 267 g/mol. The molecule has 2 bridgehead atoms. The lowest BCUT2D eigenvalue weighted by atomic mass is 9.89. The Morgan fingerprint density at radius 3 is 2.37 bits per heavy atom. The highest BCUT2D eigenvalue weighted by Crippen LogP contribution is 2.32. The van der Waals surface area contributed by atoms with Crippen LogP contribution in [0.2, 0.25) is 0 Å². The van der Waals surface area contributed by atoms with E-state index < -0.39 is 0 Å². The first kappa shape index (κ1) is 14.8. The number of hydrogen-bond acceptors (Lipinski definition) is 3. The quantitative estimate of drug-likeness (QED) is 0.684. The summed E-state index contributed by atoms with van der Waals surface area (Å²) in [5, 5.41) is 6.65. The van der Waals surface area contributed by atoms with E-state index in [-0.39, 0.29) is 11.4 Å². The van der Waals surface area contributed by atoms with Crippen molar-refractivity contribution in [2.24, 2.45) is 11.7 Å². The lowest BCUT2D eigenvalue weighted by Crippen LogP contribution is -2.49.